The standard InChI is InChI=1S/C19H24N2O6/c1-10-6-14(12(3)27-10)11(2)21-19(23)13-7-15(24-4)18(16(8-13)25-5)26-9-17(20)22/h6-8,11H,9H2,1-5H3,(H2,20,22)(H,21,23)/t11-/m1/s1. The second kappa shape index (κ2) is 8.48. The molecule has 0 saturated carbocycles. The molecule has 146 valence electrons. The summed E-state index contributed by atoms with van der Waals surface area (Å²) in [6.07, 6.45) is 0. The number of hydrogen-bond donors (Lipinski definition) is 2. The Kier molecular flexibility index (Phi) is 6.33. The topological polar surface area (TPSA) is 113 Å². The Morgan fingerprint density at radius 1 is 1.15 bits per heavy atom. The van der Waals surface area contributed by atoms with Crippen molar-refractivity contribution in [3.05, 3.63) is 40.8 Å². The molecule has 0 fully saturated rings. The normalized spacial score (nSPS) is 11.6. The molecular formula is C19H24N2O6. The van der Waals surface area contributed by atoms with E-state index in [0.29, 0.717) is 5.56 Å². The maximum atomic E-state index is 12.7. The predicted molar refractivity (Wildman–Crippen MR) is 98.3 cm³/mol. The van der Waals surface area contributed by atoms with E-state index in [2.05, 4.69) is 5.32 Å². The van der Waals surface area contributed by atoms with Crippen LogP contribution < -0.4 is 25.3 Å². The number of ether oxygens (including phenoxy) is 3. The zero-order valence-electron chi connectivity index (χ0n) is 16.0. The van der Waals surface area contributed by atoms with E-state index in [-0.39, 0.29) is 35.8 Å². The summed E-state index contributed by atoms with van der Waals surface area (Å²) in [6.45, 7) is 5.23. The number of amides is 2. The fourth-order valence-corrected chi connectivity index (χ4v) is 2.73. The van der Waals surface area contributed by atoms with Gasteiger partial charge in [0.15, 0.2) is 18.1 Å². The molecule has 0 bridgehead atoms. The van der Waals surface area contributed by atoms with Crippen molar-refractivity contribution in [2.45, 2.75) is 26.8 Å². The maximum Gasteiger partial charge on any atom is 0.255 e. The van der Waals surface area contributed by atoms with E-state index in [1.54, 1.807) is 0 Å². The molecule has 1 heterocycles. The van der Waals surface area contributed by atoms with Crippen LogP contribution in [0.15, 0.2) is 22.6 Å². The molecule has 2 rings (SSSR count). The van der Waals surface area contributed by atoms with E-state index in [9.17, 15) is 9.59 Å². The van der Waals surface area contributed by atoms with Gasteiger partial charge in [-0.05, 0) is 39.0 Å². The van der Waals surface area contributed by atoms with E-state index in [4.69, 9.17) is 24.4 Å². The van der Waals surface area contributed by atoms with Crippen LogP contribution in [0.3, 0.4) is 0 Å². The van der Waals surface area contributed by atoms with E-state index in [1.165, 1.54) is 26.4 Å². The summed E-state index contributed by atoms with van der Waals surface area (Å²) in [5, 5.41) is 2.91. The number of hydrogen-bond acceptors (Lipinski definition) is 6. The third-order valence-corrected chi connectivity index (χ3v) is 3.98. The van der Waals surface area contributed by atoms with Crippen LogP contribution in [0.5, 0.6) is 17.2 Å². The number of carbonyl (C=O) groups is 2. The van der Waals surface area contributed by atoms with Gasteiger partial charge < -0.3 is 29.7 Å². The van der Waals surface area contributed by atoms with Gasteiger partial charge in [0.25, 0.3) is 11.8 Å². The molecule has 8 nitrogen and oxygen atoms in total. The number of aryl methyl sites for hydroxylation is 2. The zero-order valence-corrected chi connectivity index (χ0v) is 16.0. The Hall–Kier alpha value is -3.16. The molecule has 2 amide bonds. The Labute approximate surface area is 157 Å². The molecule has 0 aliphatic heterocycles. The molecule has 0 saturated heterocycles. The minimum atomic E-state index is -0.638. The minimum absolute atomic E-state index is 0.199. The van der Waals surface area contributed by atoms with Gasteiger partial charge in [-0.2, -0.15) is 0 Å². The summed E-state index contributed by atoms with van der Waals surface area (Å²) in [6, 6.07) is 4.66. The van der Waals surface area contributed by atoms with Crippen molar-refractivity contribution in [2.24, 2.45) is 5.73 Å². The summed E-state index contributed by atoms with van der Waals surface area (Å²) in [5.41, 5.74) is 6.33. The van der Waals surface area contributed by atoms with E-state index < -0.39 is 5.91 Å². The Balaban J connectivity index is 2.27. The number of nitrogens with one attached hydrogen (secondary N) is 1. The van der Waals surface area contributed by atoms with Crippen molar-refractivity contribution < 1.29 is 28.2 Å². The van der Waals surface area contributed by atoms with Crippen LogP contribution in [0, 0.1) is 13.8 Å². The van der Waals surface area contributed by atoms with Crippen molar-refractivity contribution in [3.63, 3.8) is 0 Å². The molecule has 0 spiro atoms. The quantitative estimate of drug-likeness (QED) is 0.731. The summed E-state index contributed by atoms with van der Waals surface area (Å²) in [7, 11) is 2.85. The Morgan fingerprint density at radius 2 is 1.74 bits per heavy atom. The van der Waals surface area contributed by atoms with Crippen LogP contribution in [0.2, 0.25) is 0 Å². The molecule has 27 heavy (non-hydrogen) atoms. The van der Waals surface area contributed by atoms with Gasteiger partial charge in [0.1, 0.15) is 11.5 Å². The first kappa shape index (κ1) is 20.2. The molecular weight excluding hydrogens is 352 g/mol. The lowest BCUT2D eigenvalue weighted by Crippen LogP contribution is -2.27. The second-order valence-electron chi connectivity index (χ2n) is 6.03. The molecule has 1 atom stereocenters. The van der Waals surface area contributed by atoms with Crippen molar-refractivity contribution >= 4 is 11.8 Å². The number of rotatable bonds is 8. The lowest BCUT2D eigenvalue weighted by atomic mass is 10.1. The van der Waals surface area contributed by atoms with Gasteiger partial charge in [-0.3, -0.25) is 9.59 Å². The van der Waals surface area contributed by atoms with Gasteiger partial charge in [0, 0.05) is 11.1 Å². The highest BCUT2D eigenvalue weighted by Crippen LogP contribution is 2.38. The molecule has 0 aliphatic rings. The van der Waals surface area contributed by atoms with Crippen LogP contribution in [0.4, 0.5) is 0 Å². The first-order chi connectivity index (χ1) is 12.8. The van der Waals surface area contributed by atoms with Gasteiger partial charge in [-0.1, -0.05) is 0 Å². The number of benzene rings is 1. The number of nitrogens with two attached hydrogens (primary N) is 1. The highest BCUT2D eigenvalue weighted by Gasteiger charge is 2.21. The van der Waals surface area contributed by atoms with E-state index in [0.717, 1.165) is 17.1 Å². The van der Waals surface area contributed by atoms with Crippen LogP contribution >= 0.6 is 0 Å². The molecule has 0 radical (unpaired) electrons. The SMILES string of the molecule is COc1cc(C(=O)N[C@H](C)c2cc(C)oc2C)cc(OC)c1OCC(N)=O. The predicted octanol–water partition coefficient (Wildman–Crippen LogP) is 2.27. The van der Waals surface area contributed by atoms with Crippen LogP contribution in [-0.4, -0.2) is 32.6 Å². The lowest BCUT2D eigenvalue weighted by molar-refractivity contribution is -0.120. The lowest BCUT2D eigenvalue weighted by Gasteiger charge is -2.17. The molecule has 2 aromatic rings. The molecule has 8 heteroatoms. The number of methoxy groups -OCH3 is 2. The molecule has 1 aromatic carbocycles. The van der Waals surface area contributed by atoms with E-state index >= 15 is 0 Å². The fourth-order valence-electron chi connectivity index (χ4n) is 2.73. The summed E-state index contributed by atoms with van der Waals surface area (Å²) < 4.78 is 21.4. The molecule has 0 aliphatic carbocycles. The fraction of sp³-hybridized carbons (Fsp3) is 0.368. The monoisotopic (exact) mass is 376 g/mol. The average Bonchev–Trinajstić information content (AvgIpc) is 2.97. The van der Waals surface area contributed by atoms with Gasteiger partial charge in [0.2, 0.25) is 5.75 Å². The number of furan rings is 1. The molecule has 1 aromatic heterocycles. The van der Waals surface area contributed by atoms with Crippen molar-refractivity contribution in [1.82, 2.24) is 5.32 Å². The largest absolute Gasteiger partial charge is 0.493 e. The third-order valence-electron chi connectivity index (χ3n) is 3.98. The average molecular weight is 376 g/mol. The zero-order chi connectivity index (χ0) is 20.1. The van der Waals surface area contributed by atoms with E-state index in [1.807, 2.05) is 26.8 Å². The van der Waals surface area contributed by atoms with Gasteiger partial charge in [0.05, 0.1) is 20.3 Å². The minimum Gasteiger partial charge on any atom is -0.493 e. The maximum absolute atomic E-state index is 12.7. The Bertz CT molecular complexity index is 818. The van der Waals surface area contributed by atoms with Crippen molar-refractivity contribution in [3.8, 4) is 17.2 Å². The van der Waals surface area contributed by atoms with Crippen LogP contribution in [0.1, 0.15) is 40.4 Å². The molecule has 3 N–H and O–H groups in total. The number of primary amides is 1. The summed E-state index contributed by atoms with van der Waals surface area (Å²) >= 11 is 0. The van der Waals surface area contributed by atoms with Crippen LogP contribution in [0.25, 0.3) is 0 Å². The first-order valence-corrected chi connectivity index (χ1v) is 8.31. The van der Waals surface area contributed by atoms with Crippen LogP contribution in [-0.2, 0) is 4.79 Å². The molecule has 0 unspecified atom stereocenters. The van der Waals surface area contributed by atoms with Gasteiger partial charge in [-0.15, -0.1) is 0 Å². The number of carbonyl (C=O) groups excluding carboxylic acids is 2. The third kappa shape index (κ3) is 4.72. The smallest absolute Gasteiger partial charge is 0.255 e. The second-order valence-corrected chi connectivity index (χ2v) is 6.03. The first-order valence-electron chi connectivity index (χ1n) is 8.31. The highest BCUT2D eigenvalue weighted by molar-refractivity contribution is 5.96. The highest BCUT2D eigenvalue weighted by atomic mass is 16.5. The van der Waals surface area contributed by atoms with Crippen molar-refractivity contribution in [2.75, 3.05) is 20.8 Å². The van der Waals surface area contributed by atoms with Gasteiger partial charge >= 0.3 is 0 Å². The summed E-state index contributed by atoms with van der Waals surface area (Å²) in [5.74, 6) is 1.28. The van der Waals surface area contributed by atoms with Gasteiger partial charge in [-0.25, -0.2) is 0 Å². The summed E-state index contributed by atoms with van der Waals surface area (Å²) in [4.78, 5) is 23.7. The Morgan fingerprint density at radius 3 is 2.19 bits per heavy atom. The van der Waals surface area contributed by atoms with Crippen molar-refractivity contribution in [1.29, 1.82) is 0 Å².